The lowest BCUT2D eigenvalue weighted by atomic mass is 9.53. The lowest BCUT2D eigenvalue weighted by Crippen LogP contribution is -2.57. The van der Waals surface area contributed by atoms with Gasteiger partial charge in [0.25, 0.3) is 0 Å². The Morgan fingerprint density at radius 1 is 0.952 bits per heavy atom. The Kier molecular flexibility index (Phi) is 4.55. The Bertz CT molecular complexity index is 348. The van der Waals surface area contributed by atoms with Crippen LogP contribution in [-0.4, -0.2) is 17.3 Å². The minimum Gasteiger partial charge on any atom is -0.389 e. The maximum Gasteiger partial charge on any atom is 0.0716 e. The second kappa shape index (κ2) is 5.53. The number of hydrogen-bond acceptors (Lipinski definition) is 2. The highest BCUT2D eigenvalue weighted by Gasteiger charge is 2.53. The van der Waals surface area contributed by atoms with Crippen molar-refractivity contribution < 1.29 is 5.11 Å². The van der Waals surface area contributed by atoms with Gasteiger partial charge in [0, 0.05) is 12.0 Å². The molecule has 0 amide bonds. The molecule has 2 rings (SSSR count). The first-order valence-corrected chi connectivity index (χ1v) is 8.96. The van der Waals surface area contributed by atoms with Crippen LogP contribution in [0.1, 0.15) is 86.0 Å². The minimum atomic E-state index is -0.514. The van der Waals surface area contributed by atoms with Gasteiger partial charge in [-0.1, -0.05) is 34.6 Å². The van der Waals surface area contributed by atoms with Crippen molar-refractivity contribution in [1.82, 2.24) is 0 Å². The largest absolute Gasteiger partial charge is 0.389 e. The summed E-state index contributed by atoms with van der Waals surface area (Å²) in [6.07, 6.45) is 8.83. The van der Waals surface area contributed by atoms with Gasteiger partial charge in [-0.3, -0.25) is 0 Å². The van der Waals surface area contributed by atoms with E-state index in [9.17, 15) is 5.11 Å². The van der Waals surface area contributed by atoms with E-state index < -0.39 is 5.60 Å². The van der Waals surface area contributed by atoms with Crippen LogP contribution >= 0.6 is 0 Å². The highest BCUT2D eigenvalue weighted by molar-refractivity contribution is 5.05. The SMILES string of the molecule is CC1(C)CCC(CN)(C2(O)CCC(C(C)(C)C)CC2)CC1. The summed E-state index contributed by atoms with van der Waals surface area (Å²) in [6, 6.07) is 0. The molecule has 0 saturated heterocycles. The van der Waals surface area contributed by atoms with E-state index in [1.165, 1.54) is 12.8 Å². The molecule has 3 N–H and O–H groups in total. The van der Waals surface area contributed by atoms with Crippen LogP contribution in [0.3, 0.4) is 0 Å². The van der Waals surface area contributed by atoms with Crippen molar-refractivity contribution in [3.63, 3.8) is 0 Å². The Hall–Kier alpha value is -0.0800. The van der Waals surface area contributed by atoms with E-state index in [0.29, 0.717) is 17.4 Å². The van der Waals surface area contributed by atoms with E-state index in [1.54, 1.807) is 0 Å². The fourth-order valence-corrected chi connectivity index (χ4v) is 4.76. The number of aliphatic hydroxyl groups is 1. The van der Waals surface area contributed by atoms with Gasteiger partial charge in [-0.05, 0) is 68.1 Å². The molecule has 0 radical (unpaired) electrons. The predicted octanol–water partition coefficient (Wildman–Crippen LogP) is 4.50. The molecular formula is C19H37NO. The normalized spacial score (nSPS) is 36.4. The molecule has 2 aliphatic rings. The molecule has 2 nitrogen and oxygen atoms in total. The fraction of sp³-hybridized carbons (Fsp3) is 1.00. The van der Waals surface area contributed by atoms with Gasteiger partial charge in [-0.25, -0.2) is 0 Å². The molecule has 124 valence electrons. The van der Waals surface area contributed by atoms with Crippen molar-refractivity contribution in [3.8, 4) is 0 Å². The number of nitrogens with two attached hydrogens (primary N) is 1. The van der Waals surface area contributed by atoms with Gasteiger partial charge in [0.05, 0.1) is 5.60 Å². The molecular weight excluding hydrogens is 258 g/mol. The van der Waals surface area contributed by atoms with Crippen LogP contribution in [0.25, 0.3) is 0 Å². The van der Waals surface area contributed by atoms with Crippen molar-refractivity contribution in [1.29, 1.82) is 0 Å². The highest BCUT2D eigenvalue weighted by Crippen LogP contribution is 2.55. The maximum absolute atomic E-state index is 11.4. The topological polar surface area (TPSA) is 46.2 Å². The highest BCUT2D eigenvalue weighted by atomic mass is 16.3. The first-order valence-electron chi connectivity index (χ1n) is 8.96. The second-order valence-corrected chi connectivity index (χ2v) is 9.82. The molecule has 2 aliphatic carbocycles. The molecule has 0 heterocycles. The Labute approximate surface area is 131 Å². The zero-order valence-electron chi connectivity index (χ0n) is 15.0. The lowest BCUT2D eigenvalue weighted by molar-refractivity contribution is -0.143. The summed E-state index contributed by atoms with van der Waals surface area (Å²) in [4.78, 5) is 0. The van der Waals surface area contributed by atoms with Gasteiger partial charge in [0.1, 0.15) is 0 Å². The van der Waals surface area contributed by atoms with E-state index >= 15 is 0 Å². The molecule has 0 aromatic carbocycles. The zero-order valence-corrected chi connectivity index (χ0v) is 15.0. The third-order valence-corrected chi connectivity index (χ3v) is 6.98. The van der Waals surface area contributed by atoms with Crippen LogP contribution in [-0.2, 0) is 0 Å². The predicted molar refractivity (Wildman–Crippen MR) is 90.1 cm³/mol. The fourth-order valence-electron chi connectivity index (χ4n) is 4.76. The van der Waals surface area contributed by atoms with Crippen molar-refractivity contribution in [2.45, 2.75) is 91.6 Å². The monoisotopic (exact) mass is 295 g/mol. The van der Waals surface area contributed by atoms with E-state index in [2.05, 4.69) is 34.6 Å². The Balaban J connectivity index is 2.09. The molecule has 0 atom stereocenters. The summed E-state index contributed by atoms with van der Waals surface area (Å²) in [5.41, 5.74) is 6.46. The van der Waals surface area contributed by atoms with Gasteiger partial charge < -0.3 is 10.8 Å². The third-order valence-electron chi connectivity index (χ3n) is 6.98. The third kappa shape index (κ3) is 3.32. The quantitative estimate of drug-likeness (QED) is 0.788. The zero-order chi connectivity index (χ0) is 15.9. The average Bonchev–Trinajstić information content (AvgIpc) is 2.38. The van der Waals surface area contributed by atoms with Gasteiger partial charge in [0.2, 0.25) is 0 Å². The van der Waals surface area contributed by atoms with E-state index in [0.717, 1.165) is 44.4 Å². The summed E-state index contributed by atoms with van der Waals surface area (Å²) in [7, 11) is 0. The summed E-state index contributed by atoms with van der Waals surface area (Å²) in [5.74, 6) is 0.743. The van der Waals surface area contributed by atoms with Gasteiger partial charge in [-0.15, -0.1) is 0 Å². The Morgan fingerprint density at radius 2 is 1.43 bits per heavy atom. The molecule has 0 spiro atoms. The standard InChI is InChI=1S/C19H37NO/c1-16(2,3)15-6-8-19(21,9-7-15)18(14-20)12-10-17(4,5)11-13-18/h15,21H,6-14,20H2,1-5H3. The molecule has 0 unspecified atom stereocenters. The van der Waals surface area contributed by atoms with Gasteiger partial charge in [-0.2, -0.15) is 0 Å². The van der Waals surface area contributed by atoms with E-state index in [1.807, 2.05) is 0 Å². The average molecular weight is 296 g/mol. The van der Waals surface area contributed by atoms with Crippen LogP contribution in [0, 0.1) is 22.2 Å². The lowest BCUT2D eigenvalue weighted by Gasteiger charge is -2.55. The van der Waals surface area contributed by atoms with Crippen LogP contribution in [0.15, 0.2) is 0 Å². The second-order valence-electron chi connectivity index (χ2n) is 9.82. The van der Waals surface area contributed by atoms with Crippen molar-refractivity contribution in [2.24, 2.45) is 27.9 Å². The van der Waals surface area contributed by atoms with Crippen LogP contribution in [0.4, 0.5) is 0 Å². The van der Waals surface area contributed by atoms with Crippen molar-refractivity contribution in [2.75, 3.05) is 6.54 Å². The van der Waals surface area contributed by atoms with Gasteiger partial charge >= 0.3 is 0 Å². The molecule has 2 saturated carbocycles. The molecule has 0 aromatic heterocycles. The summed E-state index contributed by atoms with van der Waals surface area (Å²) < 4.78 is 0. The van der Waals surface area contributed by atoms with Crippen LogP contribution in [0.2, 0.25) is 0 Å². The molecule has 0 bridgehead atoms. The Morgan fingerprint density at radius 3 is 1.81 bits per heavy atom. The van der Waals surface area contributed by atoms with Gasteiger partial charge in [0.15, 0.2) is 0 Å². The summed E-state index contributed by atoms with van der Waals surface area (Å²) >= 11 is 0. The maximum atomic E-state index is 11.4. The number of hydrogen-bond donors (Lipinski definition) is 2. The number of rotatable bonds is 2. The first-order chi connectivity index (χ1) is 9.54. The smallest absolute Gasteiger partial charge is 0.0716 e. The first kappa shape index (κ1) is 17.3. The summed E-state index contributed by atoms with van der Waals surface area (Å²) in [5, 5.41) is 11.4. The van der Waals surface area contributed by atoms with Crippen molar-refractivity contribution in [3.05, 3.63) is 0 Å². The molecule has 2 fully saturated rings. The van der Waals surface area contributed by atoms with Crippen LogP contribution < -0.4 is 5.73 Å². The van der Waals surface area contributed by atoms with Crippen molar-refractivity contribution >= 4 is 0 Å². The van der Waals surface area contributed by atoms with E-state index in [-0.39, 0.29) is 5.41 Å². The summed E-state index contributed by atoms with van der Waals surface area (Å²) in [6.45, 7) is 12.4. The minimum absolute atomic E-state index is 0.0224. The molecule has 0 aliphatic heterocycles. The molecule has 21 heavy (non-hydrogen) atoms. The molecule has 0 aromatic rings. The molecule has 2 heteroatoms. The van der Waals surface area contributed by atoms with Crippen LogP contribution in [0.5, 0.6) is 0 Å². The van der Waals surface area contributed by atoms with E-state index in [4.69, 9.17) is 5.73 Å².